The lowest BCUT2D eigenvalue weighted by Gasteiger charge is -2.30. The van der Waals surface area contributed by atoms with E-state index < -0.39 is 0 Å². The molecule has 4 rings (SSSR count). The molecule has 7 nitrogen and oxygen atoms in total. The Labute approximate surface area is 186 Å². The first-order valence-corrected chi connectivity index (χ1v) is 12.4. The molecule has 0 aromatic heterocycles. The molecule has 2 heterocycles. The minimum absolute atomic E-state index is 0.0302. The van der Waals surface area contributed by atoms with Crippen molar-refractivity contribution in [1.82, 2.24) is 20.4 Å². The van der Waals surface area contributed by atoms with Gasteiger partial charge in [-0.1, -0.05) is 19.1 Å². The van der Waals surface area contributed by atoms with E-state index in [1.165, 1.54) is 43.8 Å². The molecule has 31 heavy (non-hydrogen) atoms. The van der Waals surface area contributed by atoms with E-state index in [1.807, 2.05) is 6.92 Å². The molecule has 2 N–H and O–H groups in total. The zero-order valence-electron chi connectivity index (χ0n) is 19.2. The van der Waals surface area contributed by atoms with Crippen LogP contribution >= 0.6 is 0 Å². The van der Waals surface area contributed by atoms with Crippen LogP contribution in [-0.4, -0.2) is 73.4 Å². The lowest BCUT2D eigenvalue weighted by Crippen LogP contribution is -2.43. The normalized spacial score (nSPS) is 32.8. The highest BCUT2D eigenvalue weighted by Crippen LogP contribution is 2.52. The van der Waals surface area contributed by atoms with E-state index >= 15 is 0 Å². The van der Waals surface area contributed by atoms with Crippen LogP contribution < -0.4 is 10.6 Å². The van der Waals surface area contributed by atoms with E-state index in [4.69, 9.17) is 0 Å². The topological polar surface area (TPSA) is 77.0 Å². The molecule has 0 radical (unpaired) electrons. The van der Waals surface area contributed by atoms with Crippen LogP contribution in [0.3, 0.4) is 0 Å². The third-order valence-electron chi connectivity index (χ3n) is 7.43. The number of carbonyl (C=O) groups is 2. The van der Waals surface area contributed by atoms with Gasteiger partial charge in [0, 0.05) is 32.7 Å². The molecular formula is C24H39N5O2. The van der Waals surface area contributed by atoms with Crippen molar-refractivity contribution in [3.8, 4) is 0 Å². The minimum atomic E-state index is -0.104. The number of hydrogen-bond donors (Lipinski definition) is 2. The average molecular weight is 430 g/mol. The van der Waals surface area contributed by atoms with Crippen LogP contribution in [0.1, 0.15) is 46.0 Å². The molecule has 2 aliphatic carbocycles. The number of amides is 2. The predicted molar refractivity (Wildman–Crippen MR) is 122 cm³/mol. The predicted octanol–water partition coefficient (Wildman–Crippen LogP) is 1.86. The molecule has 2 aliphatic heterocycles. The summed E-state index contributed by atoms with van der Waals surface area (Å²) in [6.07, 6.45) is 10.2. The molecule has 4 aliphatic rings. The summed E-state index contributed by atoms with van der Waals surface area (Å²) in [7, 11) is 0. The molecule has 5 unspecified atom stereocenters. The first kappa shape index (κ1) is 22.3. The fourth-order valence-electron chi connectivity index (χ4n) is 5.94. The number of fused-ring (bicyclic) bond motifs is 5. The Morgan fingerprint density at radius 3 is 2.52 bits per heavy atom. The molecule has 2 saturated heterocycles. The summed E-state index contributed by atoms with van der Waals surface area (Å²) in [5, 5.41) is 6.58. The maximum atomic E-state index is 12.8. The maximum Gasteiger partial charge on any atom is 0.233 e. The minimum Gasteiger partial charge on any atom is -0.357 e. The SMILES string of the molecule is CCNC(=NCCCCN1CCCC(C)C1)NCCN1C(=O)C2C3C=CC(C3)C2C1=O. The Bertz CT molecular complexity index is 691. The van der Waals surface area contributed by atoms with E-state index in [2.05, 4.69) is 39.6 Å². The summed E-state index contributed by atoms with van der Waals surface area (Å²) >= 11 is 0. The van der Waals surface area contributed by atoms with E-state index in [-0.39, 0.29) is 35.5 Å². The van der Waals surface area contributed by atoms with E-state index in [9.17, 15) is 9.59 Å². The smallest absolute Gasteiger partial charge is 0.233 e. The van der Waals surface area contributed by atoms with E-state index in [0.717, 1.165) is 37.8 Å². The first-order chi connectivity index (χ1) is 15.1. The fraction of sp³-hybridized carbons (Fsp3) is 0.792. The number of nitrogens with zero attached hydrogens (tertiary/aromatic N) is 3. The van der Waals surface area contributed by atoms with Gasteiger partial charge in [-0.2, -0.15) is 0 Å². The van der Waals surface area contributed by atoms with Crippen molar-refractivity contribution in [2.45, 2.75) is 46.0 Å². The van der Waals surface area contributed by atoms with E-state index in [0.29, 0.717) is 13.1 Å². The van der Waals surface area contributed by atoms with Gasteiger partial charge in [-0.25, -0.2) is 0 Å². The first-order valence-electron chi connectivity index (χ1n) is 12.4. The van der Waals surface area contributed by atoms with Crippen LogP contribution in [-0.2, 0) is 9.59 Å². The molecule has 5 atom stereocenters. The zero-order valence-corrected chi connectivity index (χ0v) is 19.2. The van der Waals surface area contributed by atoms with Gasteiger partial charge >= 0.3 is 0 Å². The number of guanidine groups is 1. The third-order valence-corrected chi connectivity index (χ3v) is 7.43. The van der Waals surface area contributed by atoms with E-state index in [1.54, 1.807) is 0 Å². The Kier molecular flexibility index (Phi) is 7.31. The largest absolute Gasteiger partial charge is 0.357 e. The van der Waals surface area contributed by atoms with Gasteiger partial charge in [-0.05, 0) is 69.9 Å². The number of imide groups is 1. The van der Waals surface area contributed by atoms with Gasteiger partial charge in [0.2, 0.25) is 11.8 Å². The van der Waals surface area contributed by atoms with Gasteiger partial charge in [0.1, 0.15) is 0 Å². The highest BCUT2D eigenvalue weighted by atomic mass is 16.2. The molecule has 2 amide bonds. The number of unbranched alkanes of at least 4 members (excludes halogenated alkanes) is 1. The molecule has 1 saturated carbocycles. The standard InChI is InChI=1S/C24H39N5O2/c1-3-25-24(26-10-4-5-12-28-13-6-7-17(2)16-28)27-11-14-29-22(30)20-18-8-9-19(15-18)21(20)23(29)31/h8-9,17-21H,3-7,10-16H2,1-2H3,(H2,25,26,27). The summed E-state index contributed by atoms with van der Waals surface area (Å²) in [4.78, 5) is 34.3. The van der Waals surface area contributed by atoms with Crippen LogP contribution in [0.15, 0.2) is 17.1 Å². The Morgan fingerprint density at radius 2 is 1.84 bits per heavy atom. The quantitative estimate of drug-likeness (QED) is 0.192. The van der Waals surface area contributed by atoms with Crippen LogP contribution in [0.5, 0.6) is 0 Å². The molecule has 3 fully saturated rings. The molecular weight excluding hydrogens is 390 g/mol. The second kappa shape index (κ2) is 10.2. The van der Waals surface area contributed by atoms with Gasteiger partial charge in [-0.15, -0.1) is 0 Å². The molecule has 0 aromatic carbocycles. The molecule has 172 valence electrons. The van der Waals surface area contributed by atoms with Crippen molar-refractivity contribution in [2.75, 3.05) is 45.8 Å². The highest BCUT2D eigenvalue weighted by Gasteiger charge is 2.58. The number of rotatable bonds is 9. The zero-order chi connectivity index (χ0) is 21.8. The molecule has 0 spiro atoms. The average Bonchev–Trinajstić information content (AvgIpc) is 3.43. The lowest BCUT2D eigenvalue weighted by molar-refractivity contribution is -0.140. The van der Waals surface area contributed by atoms with Crippen molar-refractivity contribution in [3.63, 3.8) is 0 Å². The number of aliphatic imine (C=N–C) groups is 1. The highest BCUT2D eigenvalue weighted by molar-refractivity contribution is 6.06. The van der Waals surface area contributed by atoms with Crippen molar-refractivity contribution >= 4 is 17.8 Å². The van der Waals surface area contributed by atoms with Gasteiger partial charge in [-0.3, -0.25) is 19.5 Å². The number of hydrogen-bond acceptors (Lipinski definition) is 4. The number of nitrogens with one attached hydrogen (secondary N) is 2. The molecule has 2 bridgehead atoms. The number of likely N-dealkylation sites (tertiary alicyclic amines) is 2. The van der Waals surface area contributed by atoms with Gasteiger partial charge in [0.05, 0.1) is 11.8 Å². The monoisotopic (exact) mass is 429 g/mol. The van der Waals surface area contributed by atoms with Crippen molar-refractivity contribution in [3.05, 3.63) is 12.2 Å². The second-order valence-corrected chi connectivity index (χ2v) is 9.77. The third kappa shape index (κ3) is 4.97. The summed E-state index contributed by atoms with van der Waals surface area (Å²) in [6.45, 7) is 10.6. The van der Waals surface area contributed by atoms with Crippen molar-refractivity contribution in [1.29, 1.82) is 0 Å². The number of carbonyl (C=O) groups excluding carboxylic acids is 2. The van der Waals surface area contributed by atoms with Crippen LogP contribution in [0, 0.1) is 29.6 Å². The Morgan fingerprint density at radius 1 is 1.10 bits per heavy atom. The Hall–Kier alpha value is -1.89. The molecule has 7 heteroatoms. The van der Waals surface area contributed by atoms with Gasteiger partial charge in [0.25, 0.3) is 0 Å². The van der Waals surface area contributed by atoms with Crippen LogP contribution in [0.2, 0.25) is 0 Å². The fourth-order valence-corrected chi connectivity index (χ4v) is 5.94. The van der Waals surface area contributed by atoms with Crippen molar-refractivity contribution in [2.24, 2.45) is 34.6 Å². The summed E-state index contributed by atoms with van der Waals surface area (Å²) in [6, 6.07) is 0. The maximum absolute atomic E-state index is 12.8. The number of piperidine rings is 1. The summed E-state index contributed by atoms with van der Waals surface area (Å²) < 4.78 is 0. The summed E-state index contributed by atoms with van der Waals surface area (Å²) in [5.41, 5.74) is 0. The van der Waals surface area contributed by atoms with Crippen LogP contribution in [0.4, 0.5) is 0 Å². The van der Waals surface area contributed by atoms with Crippen molar-refractivity contribution < 1.29 is 9.59 Å². The number of allylic oxidation sites excluding steroid dienone is 2. The molecule has 0 aromatic rings. The van der Waals surface area contributed by atoms with Gasteiger partial charge < -0.3 is 15.5 Å². The van der Waals surface area contributed by atoms with Crippen LogP contribution in [0.25, 0.3) is 0 Å². The second-order valence-electron chi connectivity index (χ2n) is 9.77. The van der Waals surface area contributed by atoms with Gasteiger partial charge in [0.15, 0.2) is 5.96 Å². The summed E-state index contributed by atoms with van der Waals surface area (Å²) in [5.74, 6) is 2.00. The lowest BCUT2D eigenvalue weighted by atomic mass is 9.85. The Balaban J connectivity index is 1.17.